The van der Waals surface area contributed by atoms with Gasteiger partial charge in [0.1, 0.15) is 23.0 Å². The van der Waals surface area contributed by atoms with Crippen LogP contribution in [-0.4, -0.2) is 24.7 Å². The van der Waals surface area contributed by atoms with Crippen LogP contribution < -0.4 is 14.2 Å². The molecule has 2 rings (SSSR count). The van der Waals surface area contributed by atoms with E-state index in [9.17, 15) is 18.3 Å². The zero-order chi connectivity index (χ0) is 17.6. The number of aromatic hydroxyl groups is 1. The lowest BCUT2D eigenvalue weighted by molar-refractivity contribution is -0.274. The van der Waals surface area contributed by atoms with Crippen molar-refractivity contribution in [1.82, 2.24) is 0 Å². The number of rotatable bonds is 7. The molecule has 0 aliphatic rings. The number of alkyl halides is 3. The molecule has 0 saturated carbocycles. The number of benzene rings is 2. The molecule has 0 amide bonds. The Labute approximate surface area is 137 Å². The maximum atomic E-state index is 12.0. The van der Waals surface area contributed by atoms with Crippen molar-refractivity contribution in [3.8, 4) is 23.0 Å². The first-order valence-electron chi connectivity index (χ1n) is 7.24. The molecule has 4 nitrogen and oxygen atoms in total. The number of phenolic OH excluding ortho intramolecular Hbond substituents is 1. The van der Waals surface area contributed by atoms with E-state index in [0.717, 1.165) is 5.56 Å². The van der Waals surface area contributed by atoms with Gasteiger partial charge in [-0.2, -0.15) is 0 Å². The molecule has 0 aliphatic heterocycles. The topological polar surface area (TPSA) is 47.9 Å². The van der Waals surface area contributed by atoms with Gasteiger partial charge in [0.05, 0.1) is 13.2 Å². The maximum Gasteiger partial charge on any atom is 0.573 e. The second-order valence-corrected chi connectivity index (χ2v) is 5.02. The molecule has 0 fully saturated rings. The van der Waals surface area contributed by atoms with Crippen molar-refractivity contribution in [3.63, 3.8) is 0 Å². The Morgan fingerprint density at radius 2 is 1.54 bits per heavy atom. The van der Waals surface area contributed by atoms with E-state index in [4.69, 9.17) is 9.47 Å². The Kier molecular flexibility index (Phi) is 5.78. The standard InChI is InChI=1S/C17H17F3O4/c1-12-11-13(21)3-8-16(12)23-10-2-9-22-14-4-6-15(7-5-14)24-17(18,19)20/h3-8,11,21H,2,9-10H2,1H3. The average molecular weight is 342 g/mol. The van der Waals surface area contributed by atoms with Gasteiger partial charge in [-0.3, -0.25) is 0 Å². The lowest BCUT2D eigenvalue weighted by Gasteiger charge is -2.11. The van der Waals surface area contributed by atoms with Crippen molar-refractivity contribution >= 4 is 0 Å². The van der Waals surface area contributed by atoms with Crippen LogP contribution in [0.3, 0.4) is 0 Å². The van der Waals surface area contributed by atoms with Crippen molar-refractivity contribution in [2.75, 3.05) is 13.2 Å². The van der Waals surface area contributed by atoms with E-state index >= 15 is 0 Å². The first-order valence-corrected chi connectivity index (χ1v) is 7.24. The minimum atomic E-state index is -4.70. The molecule has 7 heteroatoms. The fourth-order valence-corrected chi connectivity index (χ4v) is 1.96. The van der Waals surface area contributed by atoms with E-state index in [1.165, 1.54) is 24.3 Å². The first kappa shape index (κ1) is 17.8. The third-order valence-electron chi connectivity index (χ3n) is 3.03. The second-order valence-electron chi connectivity index (χ2n) is 5.02. The van der Waals surface area contributed by atoms with Gasteiger partial charge in [-0.05, 0) is 55.0 Å². The van der Waals surface area contributed by atoms with Gasteiger partial charge in [-0.1, -0.05) is 0 Å². The van der Waals surface area contributed by atoms with Crippen LogP contribution >= 0.6 is 0 Å². The molecule has 0 bridgehead atoms. The van der Waals surface area contributed by atoms with Crippen LogP contribution in [0.15, 0.2) is 42.5 Å². The van der Waals surface area contributed by atoms with E-state index in [2.05, 4.69) is 4.74 Å². The number of halogens is 3. The van der Waals surface area contributed by atoms with Crippen LogP contribution in [-0.2, 0) is 0 Å². The van der Waals surface area contributed by atoms with Crippen molar-refractivity contribution in [1.29, 1.82) is 0 Å². The number of aryl methyl sites for hydroxylation is 1. The van der Waals surface area contributed by atoms with E-state index in [1.54, 1.807) is 18.2 Å². The smallest absolute Gasteiger partial charge is 0.508 e. The fraction of sp³-hybridized carbons (Fsp3) is 0.294. The summed E-state index contributed by atoms with van der Waals surface area (Å²) in [6.45, 7) is 2.60. The Morgan fingerprint density at radius 3 is 2.17 bits per heavy atom. The van der Waals surface area contributed by atoms with E-state index in [0.29, 0.717) is 31.1 Å². The molecule has 0 unspecified atom stereocenters. The largest absolute Gasteiger partial charge is 0.573 e. The molecule has 0 heterocycles. The van der Waals surface area contributed by atoms with Gasteiger partial charge in [0, 0.05) is 6.42 Å². The molecule has 0 spiro atoms. The van der Waals surface area contributed by atoms with Crippen LogP contribution in [0.25, 0.3) is 0 Å². The molecule has 1 N–H and O–H groups in total. The van der Waals surface area contributed by atoms with Crippen LogP contribution in [0, 0.1) is 6.92 Å². The Morgan fingerprint density at radius 1 is 0.917 bits per heavy atom. The van der Waals surface area contributed by atoms with Gasteiger partial charge >= 0.3 is 6.36 Å². The molecular weight excluding hydrogens is 325 g/mol. The second kappa shape index (κ2) is 7.81. The summed E-state index contributed by atoms with van der Waals surface area (Å²) in [5.74, 6) is 1.02. The van der Waals surface area contributed by atoms with Crippen molar-refractivity contribution in [3.05, 3.63) is 48.0 Å². The number of hydrogen-bond acceptors (Lipinski definition) is 4. The first-order chi connectivity index (χ1) is 11.3. The fourth-order valence-electron chi connectivity index (χ4n) is 1.96. The summed E-state index contributed by atoms with van der Waals surface area (Å²) in [4.78, 5) is 0. The Bertz CT molecular complexity index is 654. The Balaban J connectivity index is 1.70. The van der Waals surface area contributed by atoms with Crippen LogP contribution in [0.1, 0.15) is 12.0 Å². The zero-order valence-electron chi connectivity index (χ0n) is 13.0. The summed E-state index contributed by atoms with van der Waals surface area (Å²) in [6, 6.07) is 10.0. The van der Waals surface area contributed by atoms with Crippen molar-refractivity contribution in [2.45, 2.75) is 19.7 Å². The van der Waals surface area contributed by atoms with Gasteiger partial charge in [0.25, 0.3) is 0 Å². The van der Waals surface area contributed by atoms with E-state index in [1.807, 2.05) is 6.92 Å². The highest BCUT2D eigenvalue weighted by molar-refractivity contribution is 5.38. The lowest BCUT2D eigenvalue weighted by Crippen LogP contribution is -2.17. The molecule has 0 aliphatic carbocycles. The van der Waals surface area contributed by atoms with Gasteiger partial charge in [0.15, 0.2) is 0 Å². The number of phenols is 1. The predicted octanol–water partition coefficient (Wildman–Crippen LogP) is 4.45. The predicted molar refractivity (Wildman–Crippen MR) is 81.6 cm³/mol. The Hall–Kier alpha value is -2.57. The summed E-state index contributed by atoms with van der Waals surface area (Å²) < 4.78 is 50.9. The highest BCUT2D eigenvalue weighted by atomic mass is 19.4. The summed E-state index contributed by atoms with van der Waals surface area (Å²) >= 11 is 0. The summed E-state index contributed by atoms with van der Waals surface area (Å²) in [7, 11) is 0. The number of ether oxygens (including phenoxy) is 3. The van der Waals surface area contributed by atoms with Gasteiger partial charge in [0.2, 0.25) is 0 Å². The SMILES string of the molecule is Cc1cc(O)ccc1OCCCOc1ccc(OC(F)(F)F)cc1. The van der Waals surface area contributed by atoms with Gasteiger partial charge < -0.3 is 19.3 Å². The van der Waals surface area contributed by atoms with Crippen LogP contribution in [0.5, 0.6) is 23.0 Å². The molecule has 24 heavy (non-hydrogen) atoms. The lowest BCUT2D eigenvalue weighted by atomic mass is 10.2. The molecular formula is C17H17F3O4. The van der Waals surface area contributed by atoms with Crippen LogP contribution in [0.2, 0.25) is 0 Å². The highest BCUT2D eigenvalue weighted by Gasteiger charge is 2.30. The van der Waals surface area contributed by atoms with Crippen molar-refractivity contribution in [2.24, 2.45) is 0 Å². The van der Waals surface area contributed by atoms with Gasteiger partial charge in [-0.15, -0.1) is 13.2 Å². The minimum Gasteiger partial charge on any atom is -0.508 e. The average Bonchev–Trinajstić information content (AvgIpc) is 2.49. The molecule has 2 aromatic carbocycles. The monoisotopic (exact) mass is 342 g/mol. The summed E-state index contributed by atoms with van der Waals surface area (Å²) in [6.07, 6.45) is -4.10. The van der Waals surface area contributed by atoms with Gasteiger partial charge in [-0.25, -0.2) is 0 Å². The molecule has 0 atom stereocenters. The molecule has 0 saturated heterocycles. The highest BCUT2D eigenvalue weighted by Crippen LogP contribution is 2.25. The summed E-state index contributed by atoms with van der Waals surface area (Å²) in [5, 5.41) is 9.31. The normalized spacial score (nSPS) is 11.2. The number of hydrogen-bond donors (Lipinski definition) is 1. The van der Waals surface area contributed by atoms with E-state index < -0.39 is 6.36 Å². The van der Waals surface area contributed by atoms with E-state index in [-0.39, 0.29) is 11.5 Å². The zero-order valence-corrected chi connectivity index (χ0v) is 13.0. The van der Waals surface area contributed by atoms with Crippen LogP contribution in [0.4, 0.5) is 13.2 Å². The molecule has 0 aromatic heterocycles. The summed E-state index contributed by atoms with van der Waals surface area (Å²) in [5.41, 5.74) is 0.830. The molecule has 130 valence electrons. The van der Waals surface area contributed by atoms with Crippen molar-refractivity contribution < 1.29 is 32.5 Å². The third-order valence-corrected chi connectivity index (χ3v) is 3.03. The quantitative estimate of drug-likeness (QED) is 0.756. The minimum absolute atomic E-state index is 0.182. The molecule has 2 aromatic rings. The third kappa shape index (κ3) is 5.91. The molecule has 0 radical (unpaired) electrons. The maximum absolute atomic E-state index is 12.0.